The second-order valence-electron chi connectivity index (χ2n) is 6.05. The van der Waals surface area contributed by atoms with E-state index < -0.39 is 0 Å². The Balaban J connectivity index is 2.28. The molecule has 0 bridgehead atoms. The Kier molecular flexibility index (Phi) is 4.69. The lowest BCUT2D eigenvalue weighted by Gasteiger charge is -2.36. The van der Waals surface area contributed by atoms with Crippen LogP contribution in [0.25, 0.3) is 0 Å². The van der Waals surface area contributed by atoms with Gasteiger partial charge in [-0.15, -0.1) is 0 Å². The summed E-state index contributed by atoms with van der Waals surface area (Å²) in [6, 6.07) is 17.1. The van der Waals surface area contributed by atoms with Crippen LogP contribution >= 0.6 is 11.6 Å². The van der Waals surface area contributed by atoms with Crippen molar-refractivity contribution >= 4 is 17.5 Å². The van der Waals surface area contributed by atoms with Gasteiger partial charge in [-0.25, -0.2) is 0 Å². The van der Waals surface area contributed by atoms with E-state index in [0.29, 0.717) is 17.1 Å². The van der Waals surface area contributed by atoms with Gasteiger partial charge in [0, 0.05) is 22.7 Å². The molecule has 0 unspecified atom stereocenters. The monoisotopic (exact) mass is 301 g/mol. The molecule has 0 radical (unpaired) electrons. The van der Waals surface area contributed by atoms with Gasteiger partial charge in [-0.3, -0.25) is 4.79 Å². The maximum absolute atomic E-state index is 12.8. The van der Waals surface area contributed by atoms with Crippen LogP contribution in [-0.2, 0) is 6.54 Å². The molecule has 2 aromatic rings. The second-order valence-corrected chi connectivity index (χ2v) is 6.49. The average molecular weight is 302 g/mol. The Labute approximate surface area is 131 Å². The van der Waals surface area contributed by atoms with Crippen LogP contribution in [0, 0.1) is 0 Å². The number of carbonyl (C=O) groups is 1. The SMILES string of the molecule is CC(C)(C)N(Cc1ccccc1)C(=O)c1ccc(Cl)cc1. The van der Waals surface area contributed by atoms with Gasteiger partial charge in [0.05, 0.1) is 0 Å². The highest BCUT2D eigenvalue weighted by Gasteiger charge is 2.27. The van der Waals surface area contributed by atoms with Crippen molar-refractivity contribution in [2.24, 2.45) is 0 Å². The van der Waals surface area contributed by atoms with Crippen molar-refractivity contribution in [2.45, 2.75) is 32.9 Å². The average Bonchev–Trinajstić information content (AvgIpc) is 2.45. The molecule has 1 amide bonds. The molecule has 2 aromatic carbocycles. The first-order valence-electron chi connectivity index (χ1n) is 6.99. The molecule has 0 aliphatic carbocycles. The van der Waals surface area contributed by atoms with Gasteiger partial charge in [-0.1, -0.05) is 41.9 Å². The number of halogens is 1. The van der Waals surface area contributed by atoms with E-state index in [1.807, 2.05) is 56.0 Å². The van der Waals surface area contributed by atoms with Gasteiger partial charge in [0.1, 0.15) is 0 Å². The Morgan fingerprint density at radius 1 is 1.00 bits per heavy atom. The highest BCUT2D eigenvalue weighted by molar-refractivity contribution is 6.30. The second kappa shape index (κ2) is 6.31. The lowest BCUT2D eigenvalue weighted by atomic mass is 10.0. The van der Waals surface area contributed by atoms with Crippen molar-refractivity contribution in [1.29, 1.82) is 0 Å². The summed E-state index contributed by atoms with van der Waals surface area (Å²) in [7, 11) is 0. The summed E-state index contributed by atoms with van der Waals surface area (Å²) in [5.41, 5.74) is 1.52. The van der Waals surface area contributed by atoms with Gasteiger partial charge in [0.2, 0.25) is 0 Å². The summed E-state index contributed by atoms with van der Waals surface area (Å²) < 4.78 is 0. The zero-order valence-electron chi connectivity index (χ0n) is 12.6. The van der Waals surface area contributed by atoms with Crippen molar-refractivity contribution in [3.8, 4) is 0 Å². The minimum absolute atomic E-state index is 0.0167. The normalized spacial score (nSPS) is 11.2. The summed E-state index contributed by atoms with van der Waals surface area (Å²) >= 11 is 5.89. The first-order valence-corrected chi connectivity index (χ1v) is 7.37. The third-order valence-electron chi connectivity index (χ3n) is 3.33. The molecule has 21 heavy (non-hydrogen) atoms. The van der Waals surface area contributed by atoms with E-state index >= 15 is 0 Å². The third kappa shape index (κ3) is 4.08. The molecule has 0 atom stereocenters. The lowest BCUT2D eigenvalue weighted by Crippen LogP contribution is -2.45. The molecule has 0 heterocycles. The molecule has 0 spiro atoms. The zero-order valence-corrected chi connectivity index (χ0v) is 13.4. The van der Waals surface area contributed by atoms with Crippen LogP contribution in [-0.4, -0.2) is 16.3 Å². The standard InChI is InChI=1S/C18H20ClNO/c1-18(2,3)20(13-14-7-5-4-6-8-14)17(21)15-9-11-16(19)12-10-15/h4-12H,13H2,1-3H3. The zero-order chi connectivity index (χ0) is 15.5. The minimum Gasteiger partial charge on any atom is -0.329 e. The Bertz CT molecular complexity index is 599. The van der Waals surface area contributed by atoms with Crippen LogP contribution < -0.4 is 0 Å². The molecule has 110 valence electrons. The van der Waals surface area contributed by atoms with E-state index in [9.17, 15) is 4.79 Å². The number of hydrogen-bond acceptors (Lipinski definition) is 1. The Hall–Kier alpha value is -1.80. The van der Waals surface area contributed by atoms with Gasteiger partial charge in [0.25, 0.3) is 5.91 Å². The maximum Gasteiger partial charge on any atom is 0.254 e. The number of nitrogens with zero attached hydrogens (tertiary/aromatic N) is 1. The van der Waals surface area contributed by atoms with Crippen molar-refractivity contribution in [3.05, 3.63) is 70.7 Å². The fourth-order valence-electron chi connectivity index (χ4n) is 2.13. The molecule has 2 rings (SSSR count). The molecule has 0 aliphatic heterocycles. The van der Waals surface area contributed by atoms with E-state index in [4.69, 9.17) is 11.6 Å². The first kappa shape index (κ1) is 15.6. The molecule has 0 N–H and O–H groups in total. The first-order chi connectivity index (χ1) is 9.88. The number of rotatable bonds is 3. The molecule has 3 heteroatoms. The summed E-state index contributed by atoms with van der Waals surface area (Å²) in [6.07, 6.45) is 0. The predicted octanol–water partition coefficient (Wildman–Crippen LogP) is 4.78. The fourth-order valence-corrected chi connectivity index (χ4v) is 2.25. The highest BCUT2D eigenvalue weighted by Crippen LogP contribution is 2.21. The quantitative estimate of drug-likeness (QED) is 0.799. The minimum atomic E-state index is -0.257. The largest absolute Gasteiger partial charge is 0.329 e. The fraction of sp³-hybridized carbons (Fsp3) is 0.278. The molecule has 0 aliphatic rings. The molecular formula is C18H20ClNO. The summed E-state index contributed by atoms with van der Waals surface area (Å²) in [4.78, 5) is 14.7. The number of carbonyl (C=O) groups excluding carboxylic acids is 1. The van der Waals surface area contributed by atoms with Crippen LogP contribution in [0.1, 0.15) is 36.7 Å². The highest BCUT2D eigenvalue weighted by atomic mass is 35.5. The van der Waals surface area contributed by atoms with E-state index in [0.717, 1.165) is 5.56 Å². The molecule has 0 aromatic heterocycles. The Morgan fingerprint density at radius 2 is 1.57 bits per heavy atom. The van der Waals surface area contributed by atoms with Crippen molar-refractivity contribution < 1.29 is 4.79 Å². The van der Waals surface area contributed by atoms with E-state index in [2.05, 4.69) is 0 Å². The van der Waals surface area contributed by atoms with E-state index in [1.54, 1.807) is 24.3 Å². The predicted molar refractivity (Wildman–Crippen MR) is 87.5 cm³/mol. The molecule has 0 saturated heterocycles. The van der Waals surface area contributed by atoms with Gasteiger partial charge in [-0.2, -0.15) is 0 Å². The summed E-state index contributed by atoms with van der Waals surface area (Å²) in [5.74, 6) is 0.0167. The van der Waals surface area contributed by atoms with Crippen LogP contribution in [0.15, 0.2) is 54.6 Å². The van der Waals surface area contributed by atoms with Gasteiger partial charge >= 0.3 is 0 Å². The van der Waals surface area contributed by atoms with Crippen LogP contribution in [0.4, 0.5) is 0 Å². The van der Waals surface area contributed by atoms with Crippen LogP contribution in [0.5, 0.6) is 0 Å². The topological polar surface area (TPSA) is 20.3 Å². The summed E-state index contributed by atoms with van der Waals surface area (Å²) in [6.45, 7) is 6.73. The molecule has 0 saturated carbocycles. The Morgan fingerprint density at radius 3 is 2.10 bits per heavy atom. The maximum atomic E-state index is 12.8. The smallest absolute Gasteiger partial charge is 0.254 e. The summed E-state index contributed by atoms with van der Waals surface area (Å²) in [5, 5.41) is 0.636. The van der Waals surface area contributed by atoms with Gasteiger partial charge in [-0.05, 0) is 50.6 Å². The third-order valence-corrected chi connectivity index (χ3v) is 3.58. The van der Waals surface area contributed by atoms with Crippen molar-refractivity contribution in [2.75, 3.05) is 0 Å². The molecule has 0 fully saturated rings. The van der Waals surface area contributed by atoms with Gasteiger partial charge in [0.15, 0.2) is 0 Å². The van der Waals surface area contributed by atoms with Crippen molar-refractivity contribution in [1.82, 2.24) is 4.90 Å². The molecule has 2 nitrogen and oxygen atoms in total. The van der Waals surface area contributed by atoms with Crippen LogP contribution in [0.3, 0.4) is 0 Å². The number of amides is 1. The lowest BCUT2D eigenvalue weighted by molar-refractivity contribution is 0.0559. The van der Waals surface area contributed by atoms with Crippen LogP contribution in [0.2, 0.25) is 5.02 Å². The van der Waals surface area contributed by atoms with E-state index in [1.165, 1.54) is 0 Å². The molecular weight excluding hydrogens is 282 g/mol. The van der Waals surface area contributed by atoms with Crippen molar-refractivity contribution in [3.63, 3.8) is 0 Å². The number of benzene rings is 2. The van der Waals surface area contributed by atoms with E-state index in [-0.39, 0.29) is 11.4 Å². The van der Waals surface area contributed by atoms with Gasteiger partial charge < -0.3 is 4.90 Å². The number of hydrogen-bond donors (Lipinski definition) is 0.